The molecule has 0 saturated carbocycles. The predicted molar refractivity (Wildman–Crippen MR) is 333 cm³/mol. The van der Waals surface area contributed by atoms with Gasteiger partial charge in [-0.05, 0) is 64.2 Å². The first-order chi connectivity index (χ1) is 37.5. The van der Waals surface area contributed by atoms with Gasteiger partial charge in [0.05, 0.1) is 25.4 Å². The Bertz CT molecular complexity index is 1230. The number of rotatable bonds is 64. The lowest BCUT2D eigenvalue weighted by atomic mass is 10.0. The lowest BCUT2D eigenvalue weighted by Crippen LogP contribution is -2.45. The Morgan fingerprint density at radius 1 is 0.368 bits per heavy atom. The SMILES string of the molecule is CCCCCCCCCCC/C=C/C(O)C(CO)NC(=O)CCCCCCCCCCCCCCC/C=C\C/C=C\CCCCCCCCCCCOC(=O)CCCCCCCCCCCCCCCCCCCCC. The van der Waals surface area contributed by atoms with Crippen molar-refractivity contribution in [2.45, 2.75) is 386 Å². The van der Waals surface area contributed by atoms with Crippen LogP contribution >= 0.6 is 0 Å². The van der Waals surface area contributed by atoms with Gasteiger partial charge in [0, 0.05) is 12.8 Å². The molecule has 6 nitrogen and oxygen atoms in total. The molecule has 0 aromatic heterocycles. The van der Waals surface area contributed by atoms with Crippen molar-refractivity contribution in [2.75, 3.05) is 13.2 Å². The van der Waals surface area contributed by atoms with Gasteiger partial charge in [-0.15, -0.1) is 0 Å². The molecule has 0 bridgehead atoms. The average Bonchev–Trinajstić information content (AvgIpc) is 3.42. The van der Waals surface area contributed by atoms with Crippen LogP contribution < -0.4 is 5.32 Å². The number of esters is 1. The summed E-state index contributed by atoms with van der Waals surface area (Å²) in [5, 5.41) is 23.0. The van der Waals surface area contributed by atoms with Crippen LogP contribution in [0, 0.1) is 0 Å². The van der Waals surface area contributed by atoms with Crippen molar-refractivity contribution in [3.63, 3.8) is 0 Å². The average molecular weight is 1070 g/mol. The van der Waals surface area contributed by atoms with Crippen LogP contribution in [-0.4, -0.2) is 47.4 Å². The van der Waals surface area contributed by atoms with E-state index >= 15 is 0 Å². The normalized spacial score (nSPS) is 12.7. The van der Waals surface area contributed by atoms with Gasteiger partial charge in [-0.1, -0.05) is 333 Å². The number of amides is 1. The number of aliphatic hydroxyl groups is 2. The second kappa shape index (κ2) is 65.6. The molecule has 0 aromatic carbocycles. The van der Waals surface area contributed by atoms with Crippen molar-refractivity contribution in [3.8, 4) is 0 Å². The molecule has 448 valence electrons. The van der Waals surface area contributed by atoms with E-state index in [0.717, 1.165) is 44.9 Å². The van der Waals surface area contributed by atoms with Gasteiger partial charge in [0.15, 0.2) is 0 Å². The van der Waals surface area contributed by atoms with Gasteiger partial charge in [-0.3, -0.25) is 9.59 Å². The fourth-order valence-corrected chi connectivity index (χ4v) is 10.7. The molecule has 76 heavy (non-hydrogen) atoms. The number of carbonyl (C=O) groups excluding carboxylic acids is 2. The fourth-order valence-electron chi connectivity index (χ4n) is 10.7. The van der Waals surface area contributed by atoms with Gasteiger partial charge in [0.1, 0.15) is 0 Å². The first-order valence-electron chi connectivity index (χ1n) is 34.3. The molecule has 0 aliphatic rings. The molecule has 0 saturated heterocycles. The number of carbonyl (C=O) groups is 2. The van der Waals surface area contributed by atoms with Crippen molar-refractivity contribution in [3.05, 3.63) is 36.5 Å². The highest BCUT2D eigenvalue weighted by atomic mass is 16.5. The maximum absolute atomic E-state index is 12.4. The standard InChI is InChI=1S/C70H133NO5/c1-3-5-7-9-11-13-15-16-17-18-30-34-37-40-44-48-52-56-60-64-70(75)76-65-61-57-53-49-45-41-38-35-32-29-27-25-23-21-19-20-22-24-26-28-31-33-36-39-43-47-51-55-59-63-69(74)71-67(66-72)68(73)62-58-54-50-46-42-14-12-10-8-6-4-2/h19,21,25,27,58,62,67-68,72-73H,3-18,20,22-24,26,28-57,59-61,63-66H2,1-2H3,(H,71,74)/b21-19-,27-25-,62-58+. The number of ether oxygens (including phenoxy) is 1. The van der Waals surface area contributed by atoms with E-state index in [9.17, 15) is 19.8 Å². The maximum atomic E-state index is 12.4. The third kappa shape index (κ3) is 61.3. The molecule has 0 aliphatic carbocycles. The number of allylic oxidation sites excluding steroid dienone is 5. The Kier molecular flexibility index (Phi) is 63.9. The Labute approximate surface area is 474 Å². The molecule has 0 radical (unpaired) electrons. The van der Waals surface area contributed by atoms with E-state index < -0.39 is 12.1 Å². The Morgan fingerprint density at radius 2 is 0.658 bits per heavy atom. The van der Waals surface area contributed by atoms with Gasteiger partial charge >= 0.3 is 5.97 Å². The smallest absolute Gasteiger partial charge is 0.305 e. The minimum absolute atomic E-state index is 0.0167. The second-order valence-electron chi connectivity index (χ2n) is 23.5. The first kappa shape index (κ1) is 74.1. The zero-order valence-corrected chi connectivity index (χ0v) is 51.3. The van der Waals surface area contributed by atoms with Crippen LogP contribution in [0.5, 0.6) is 0 Å². The van der Waals surface area contributed by atoms with Gasteiger partial charge in [0.2, 0.25) is 5.91 Å². The maximum Gasteiger partial charge on any atom is 0.305 e. The van der Waals surface area contributed by atoms with E-state index in [1.165, 1.54) is 302 Å². The molecule has 0 rings (SSSR count). The highest BCUT2D eigenvalue weighted by Crippen LogP contribution is 2.18. The fraction of sp³-hybridized carbons (Fsp3) is 0.886. The predicted octanol–water partition coefficient (Wildman–Crippen LogP) is 21.9. The summed E-state index contributed by atoms with van der Waals surface area (Å²) in [5.74, 6) is -0.0526. The number of hydrogen-bond acceptors (Lipinski definition) is 5. The zero-order chi connectivity index (χ0) is 55.0. The number of nitrogens with one attached hydrogen (secondary N) is 1. The number of hydrogen-bond donors (Lipinski definition) is 3. The largest absolute Gasteiger partial charge is 0.466 e. The number of aliphatic hydroxyl groups excluding tert-OH is 2. The summed E-state index contributed by atoms with van der Waals surface area (Å²) in [6.07, 6.45) is 83.7. The van der Waals surface area contributed by atoms with Crippen molar-refractivity contribution in [2.24, 2.45) is 0 Å². The Balaban J connectivity index is 3.38. The third-order valence-corrected chi connectivity index (χ3v) is 15.9. The lowest BCUT2D eigenvalue weighted by molar-refractivity contribution is -0.143. The molecule has 0 aliphatic heterocycles. The van der Waals surface area contributed by atoms with Crippen molar-refractivity contribution < 1.29 is 24.5 Å². The summed E-state index contributed by atoms with van der Waals surface area (Å²) in [4.78, 5) is 24.5. The summed E-state index contributed by atoms with van der Waals surface area (Å²) >= 11 is 0. The first-order valence-corrected chi connectivity index (χ1v) is 34.3. The van der Waals surface area contributed by atoms with Crippen molar-refractivity contribution in [1.82, 2.24) is 5.32 Å². The minimum Gasteiger partial charge on any atom is -0.466 e. The molecule has 3 N–H and O–H groups in total. The molecular weight excluding hydrogens is 935 g/mol. The van der Waals surface area contributed by atoms with Gasteiger partial charge in [0.25, 0.3) is 0 Å². The van der Waals surface area contributed by atoms with Gasteiger partial charge in [-0.25, -0.2) is 0 Å². The van der Waals surface area contributed by atoms with E-state index in [-0.39, 0.29) is 18.5 Å². The lowest BCUT2D eigenvalue weighted by Gasteiger charge is -2.20. The monoisotopic (exact) mass is 1070 g/mol. The molecule has 0 heterocycles. The van der Waals surface area contributed by atoms with Crippen LogP contribution in [0.4, 0.5) is 0 Å². The topological polar surface area (TPSA) is 95.9 Å². The summed E-state index contributed by atoms with van der Waals surface area (Å²) in [5.41, 5.74) is 0. The molecule has 0 aromatic rings. The molecule has 1 amide bonds. The molecular formula is C70H133NO5. The van der Waals surface area contributed by atoms with Crippen LogP contribution in [0.25, 0.3) is 0 Å². The summed E-state index contributed by atoms with van der Waals surface area (Å²) in [6, 6.07) is -0.627. The van der Waals surface area contributed by atoms with Gasteiger partial charge < -0.3 is 20.3 Å². The van der Waals surface area contributed by atoms with E-state index in [1.54, 1.807) is 6.08 Å². The minimum atomic E-state index is -0.844. The van der Waals surface area contributed by atoms with E-state index in [4.69, 9.17) is 4.74 Å². The van der Waals surface area contributed by atoms with E-state index in [0.29, 0.717) is 19.4 Å². The van der Waals surface area contributed by atoms with Crippen LogP contribution in [0.2, 0.25) is 0 Å². The molecule has 6 heteroatoms. The van der Waals surface area contributed by atoms with Crippen LogP contribution in [0.1, 0.15) is 373 Å². The summed E-state index contributed by atoms with van der Waals surface area (Å²) in [7, 11) is 0. The van der Waals surface area contributed by atoms with Crippen LogP contribution in [0.3, 0.4) is 0 Å². The molecule has 2 unspecified atom stereocenters. The van der Waals surface area contributed by atoms with E-state index in [1.807, 2.05) is 6.08 Å². The highest BCUT2D eigenvalue weighted by Gasteiger charge is 2.18. The molecule has 0 fully saturated rings. The van der Waals surface area contributed by atoms with Gasteiger partial charge in [-0.2, -0.15) is 0 Å². The highest BCUT2D eigenvalue weighted by molar-refractivity contribution is 5.76. The van der Waals surface area contributed by atoms with Crippen LogP contribution in [-0.2, 0) is 14.3 Å². The van der Waals surface area contributed by atoms with Crippen molar-refractivity contribution >= 4 is 11.9 Å². The summed E-state index contributed by atoms with van der Waals surface area (Å²) in [6.45, 7) is 4.91. The second-order valence-corrected chi connectivity index (χ2v) is 23.5. The third-order valence-electron chi connectivity index (χ3n) is 15.9. The number of unbranched alkanes of at least 4 members (excludes halogenated alkanes) is 49. The molecule has 2 atom stereocenters. The van der Waals surface area contributed by atoms with Crippen LogP contribution in [0.15, 0.2) is 36.5 Å². The van der Waals surface area contributed by atoms with E-state index in [2.05, 4.69) is 43.5 Å². The Morgan fingerprint density at radius 3 is 1.00 bits per heavy atom. The molecule has 0 spiro atoms. The zero-order valence-electron chi connectivity index (χ0n) is 51.3. The van der Waals surface area contributed by atoms with Crippen molar-refractivity contribution in [1.29, 1.82) is 0 Å². The summed E-state index contributed by atoms with van der Waals surface area (Å²) < 4.78 is 5.51. The quantitative estimate of drug-likeness (QED) is 0.0320. The Hall–Kier alpha value is -1.92.